The van der Waals surface area contributed by atoms with Gasteiger partial charge >= 0.3 is 0 Å². The minimum atomic E-state index is -3.16. The van der Waals surface area contributed by atoms with Crippen LogP contribution in [0.3, 0.4) is 0 Å². The average molecular weight is 274 g/mol. The lowest BCUT2D eigenvalue weighted by Crippen LogP contribution is -2.32. The number of hydrogen-bond donors (Lipinski definition) is 1. The van der Waals surface area contributed by atoms with Crippen molar-refractivity contribution >= 4 is 15.7 Å². The van der Waals surface area contributed by atoms with Crippen LogP contribution in [-0.4, -0.2) is 33.9 Å². The maximum atomic E-state index is 12.0. The van der Waals surface area contributed by atoms with Crippen LogP contribution in [0, 0.1) is 0 Å². The fourth-order valence-corrected chi connectivity index (χ4v) is 2.63. The number of nitrogens with two attached hydrogens (primary N) is 1. The molecular weight excluding hydrogens is 252 g/mol. The average Bonchev–Trinajstić information content (AvgIpc) is 2.55. The van der Waals surface area contributed by atoms with Gasteiger partial charge in [0.05, 0.1) is 22.7 Å². The zero-order valence-corrected chi connectivity index (χ0v) is 12.5. The van der Waals surface area contributed by atoms with Crippen molar-refractivity contribution in [1.29, 1.82) is 0 Å². The molecule has 0 atom stereocenters. The summed E-state index contributed by atoms with van der Waals surface area (Å²) < 4.78 is 24.9. The Balaban J connectivity index is 2.89. The summed E-state index contributed by atoms with van der Waals surface area (Å²) in [5, 5.41) is 7.70. The van der Waals surface area contributed by atoms with Crippen molar-refractivity contribution in [2.75, 3.05) is 11.5 Å². The van der Waals surface area contributed by atoms with Gasteiger partial charge in [-0.15, -0.1) is 5.10 Å². The van der Waals surface area contributed by atoms with Crippen LogP contribution < -0.4 is 5.73 Å². The lowest BCUT2D eigenvalue weighted by atomic mass is 10.1. The largest absolute Gasteiger partial charge is 0.381 e. The van der Waals surface area contributed by atoms with Gasteiger partial charge in [-0.2, -0.15) is 0 Å². The van der Waals surface area contributed by atoms with Crippen LogP contribution >= 0.6 is 0 Å². The molecule has 1 aromatic rings. The molecule has 0 aliphatic carbocycles. The van der Waals surface area contributed by atoms with E-state index in [0.717, 1.165) is 5.69 Å². The highest BCUT2D eigenvalue weighted by atomic mass is 32.2. The molecule has 18 heavy (non-hydrogen) atoms. The highest BCUT2D eigenvalue weighted by Gasteiger charge is 2.29. The van der Waals surface area contributed by atoms with Gasteiger partial charge in [-0.05, 0) is 26.7 Å². The van der Waals surface area contributed by atoms with E-state index in [1.54, 1.807) is 25.5 Å². The fraction of sp³-hybridized carbons (Fsp3) is 0.818. The van der Waals surface area contributed by atoms with E-state index in [4.69, 9.17) is 5.73 Å². The van der Waals surface area contributed by atoms with Gasteiger partial charge < -0.3 is 5.73 Å². The molecule has 1 rings (SSSR count). The smallest absolute Gasteiger partial charge is 0.169 e. The SMILES string of the molecule is CC(C)c1c(N)nnn1CCS(=O)(=O)C(C)(C)C. The van der Waals surface area contributed by atoms with Gasteiger partial charge in [-0.3, -0.25) is 0 Å². The van der Waals surface area contributed by atoms with Crippen molar-refractivity contribution in [1.82, 2.24) is 15.0 Å². The second-order valence-electron chi connectivity index (χ2n) is 5.67. The first-order valence-electron chi connectivity index (χ1n) is 5.97. The Morgan fingerprint density at radius 2 is 1.89 bits per heavy atom. The van der Waals surface area contributed by atoms with E-state index < -0.39 is 14.6 Å². The number of nitrogens with zero attached hydrogens (tertiary/aromatic N) is 3. The second kappa shape index (κ2) is 4.87. The Bertz CT molecular complexity index is 512. The molecule has 0 fully saturated rings. The molecule has 0 spiro atoms. The number of sulfone groups is 1. The molecule has 2 N–H and O–H groups in total. The van der Waals surface area contributed by atoms with Crippen molar-refractivity contribution in [2.24, 2.45) is 0 Å². The molecule has 1 aromatic heterocycles. The topological polar surface area (TPSA) is 90.9 Å². The van der Waals surface area contributed by atoms with E-state index in [1.807, 2.05) is 13.8 Å². The first-order valence-corrected chi connectivity index (χ1v) is 7.62. The Hall–Kier alpha value is -1.11. The maximum absolute atomic E-state index is 12.0. The minimum absolute atomic E-state index is 0.0407. The van der Waals surface area contributed by atoms with E-state index in [-0.39, 0.29) is 18.2 Å². The molecule has 0 saturated carbocycles. The van der Waals surface area contributed by atoms with Gasteiger partial charge in [-0.25, -0.2) is 13.1 Å². The second-order valence-corrected chi connectivity index (χ2v) is 8.53. The van der Waals surface area contributed by atoms with Crippen molar-refractivity contribution in [3.8, 4) is 0 Å². The molecule has 0 saturated heterocycles. The van der Waals surface area contributed by atoms with Gasteiger partial charge in [0.15, 0.2) is 15.7 Å². The van der Waals surface area contributed by atoms with Crippen LogP contribution in [0.15, 0.2) is 0 Å². The maximum Gasteiger partial charge on any atom is 0.169 e. The lowest BCUT2D eigenvalue weighted by Gasteiger charge is -2.19. The standard InChI is InChI=1S/C11H22N4O2S/c1-8(2)9-10(12)13-14-15(9)6-7-18(16,17)11(3,4)5/h8H,6-7,12H2,1-5H3. The summed E-state index contributed by atoms with van der Waals surface area (Å²) in [6, 6.07) is 0. The van der Waals surface area contributed by atoms with Crippen LogP contribution in [-0.2, 0) is 16.4 Å². The predicted octanol–water partition coefficient (Wildman–Crippen LogP) is 1.20. The third-order valence-electron chi connectivity index (χ3n) is 2.85. The first kappa shape index (κ1) is 14.9. The van der Waals surface area contributed by atoms with Crippen molar-refractivity contribution < 1.29 is 8.42 Å². The zero-order valence-electron chi connectivity index (χ0n) is 11.6. The van der Waals surface area contributed by atoms with Gasteiger partial charge in [0.2, 0.25) is 0 Å². The number of aryl methyl sites for hydroxylation is 1. The Labute approximate surface area is 108 Å². The summed E-state index contributed by atoms with van der Waals surface area (Å²) in [5.41, 5.74) is 6.51. The summed E-state index contributed by atoms with van der Waals surface area (Å²) in [4.78, 5) is 0. The number of rotatable bonds is 4. The van der Waals surface area contributed by atoms with Gasteiger partial charge in [0.25, 0.3) is 0 Å². The van der Waals surface area contributed by atoms with Crippen LogP contribution in [0.5, 0.6) is 0 Å². The lowest BCUT2D eigenvalue weighted by molar-refractivity contribution is 0.535. The molecule has 0 aromatic carbocycles. The van der Waals surface area contributed by atoms with Gasteiger partial charge in [0, 0.05) is 0 Å². The molecule has 0 radical (unpaired) electrons. The summed E-state index contributed by atoms with van der Waals surface area (Å²) in [6.07, 6.45) is 0. The van der Waals surface area contributed by atoms with Crippen molar-refractivity contribution in [3.05, 3.63) is 5.69 Å². The van der Waals surface area contributed by atoms with E-state index >= 15 is 0 Å². The summed E-state index contributed by atoms with van der Waals surface area (Å²) in [5.74, 6) is 0.578. The third kappa shape index (κ3) is 3.01. The van der Waals surface area contributed by atoms with E-state index in [9.17, 15) is 8.42 Å². The molecule has 0 aliphatic rings. The van der Waals surface area contributed by atoms with Crippen LogP contribution in [0.25, 0.3) is 0 Å². The molecule has 0 unspecified atom stereocenters. The van der Waals surface area contributed by atoms with Gasteiger partial charge in [-0.1, -0.05) is 19.1 Å². The number of nitrogen functional groups attached to an aromatic ring is 1. The van der Waals surface area contributed by atoms with Crippen LogP contribution in [0.4, 0.5) is 5.82 Å². The highest BCUT2D eigenvalue weighted by Crippen LogP contribution is 2.20. The first-order chi connectivity index (χ1) is 8.06. The van der Waals surface area contributed by atoms with Crippen LogP contribution in [0.2, 0.25) is 0 Å². The summed E-state index contributed by atoms with van der Waals surface area (Å²) >= 11 is 0. The molecule has 0 bridgehead atoms. The van der Waals surface area contributed by atoms with E-state index in [1.165, 1.54) is 0 Å². The molecular formula is C11H22N4O2S. The zero-order chi connectivity index (χ0) is 14.1. The monoisotopic (exact) mass is 274 g/mol. The molecule has 1 heterocycles. The van der Waals surface area contributed by atoms with Crippen molar-refractivity contribution in [3.63, 3.8) is 0 Å². The molecule has 6 nitrogen and oxygen atoms in total. The summed E-state index contributed by atoms with van der Waals surface area (Å²) in [7, 11) is -3.16. The quantitative estimate of drug-likeness (QED) is 0.890. The Morgan fingerprint density at radius 1 is 1.33 bits per heavy atom. The highest BCUT2D eigenvalue weighted by molar-refractivity contribution is 7.92. The number of aromatic nitrogens is 3. The normalized spacial score (nSPS) is 13.2. The van der Waals surface area contributed by atoms with Crippen molar-refractivity contribution in [2.45, 2.75) is 51.8 Å². The summed E-state index contributed by atoms with van der Waals surface area (Å²) in [6.45, 7) is 9.33. The molecule has 104 valence electrons. The fourth-order valence-electron chi connectivity index (χ4n) is 1.61. The van der Waals surface area contributed by atoms with E-state index in [2.05, 4.69) is 10.3 Å². The van der Waals surface area contributed by atoms with Gasteiger partial charge in [0.1, 0.15) is 0 Å². The number of hydrogen-bond acceptors (Lipinski definition) is 5. The minimum Gasteiger partial charge on any atom is -0.381 e. The van der Waals surface area contributed by atoms with E-state index in [0.29, 0.717) is 5.82 Å². The Morgan fingerprint density at radius 3 is 2.33 bits per heavy atom. The Kier molecular flexibility index (Phi) is 4.05. The predicted molar refractivity (Wildman–Crippen MR) is 72.1 cm³/mol. The molecule has 7 heteroatoms. The molecule has 0 aliphatic heterocycles. The van der Waals surface area contributed by atoms with Crippen LogP contribution in [0.1, 0.15) is 46.2 Å². The number of anilines is 1. The third-order valence-corrected chi connectivity index (χ3v) is 5.44. The molecule has 0 amide bonds.